The molecule has 1 unspecified atom stereocenters. The Kier molecular flexibility index (Phi) is 5.66. The van der Waals surface area contributed by atoms with Crippen LogP contribution in [0.2, 0.25) is 0 Å². The van der Waals surface area contributed by atoms with Crippen LogP contribution >= 0.6 is 0 Å². The third-order valence-electron chi connectivity index (χ3n) is 2.54. The SMILES string of the molecule is CC(CCc1ccccc1)NC(=O)NCC(F)(F)F. The lowest BCUT2D eigenvalue weighted by Crippen LogP contribution is -2.44. The summed E-state index contributed by atoms with van der Waals surface area (Å²) >= 11 is 0. The second-order valence-electron chi connectivity index (χ2n) is 4.37. The van der Waals surface area contributed by atoms with Crippen LogP contribution in [-0.4, -0.2) is 24.8 Å². The van der Waals surface area contributed by atoms with Gasteiger partial charge in [-0.15, -0.1) is 0 Å². The molecule has 0 aliphatic rings. The van der Waals surface area contributed by atoms with E-state index in [2.05, 4.69) is 5.32 Å². The lowest BCUT2D eigenvalue weighted by Gasteiger charge is -2.15. The molecule has 0 heterocycles. The maximum absolute atomic E-state index is 11.9. The van der Waals surface area contributed by atoms with Gasteiger partial charge in [0.2, 0.25) is 0 Å². The minimum Gasteiger partial charge on any atom is -0.336 e. The summed E-state index contributed by atoms with van der Waals surface area (Å²) in [6.07, 6.45) is -2.95. The van der Waals surface area contributed by atoms with E-state index in [0.29, 0.717) is 6.42 Å². The van der Waals surface area contributed by atoms with Crippen molar-refractivity contribution in [2.45, 2.75) is 32.0 Å². The largest absolute Gasteiger partial charge is 0.405 e. The molecule has 0 fully saturated rings. The zero-order chi connectivity index (χ0) is 14.3. The highest BCUT2D eigenvalue weighted by atomic mass is 19.4. The Hall–Kier alpha value is -1.72. The van der Waals surface area contributed by atoms with Gasteiger partial charge in [-0.3, -0.25) is 0 Å². The van der Waals surface area contributed by atoms with Gasteiger partial charge in [-0.25, -0.2) is 4.79 Å². The molecule has 1 aromatic carbocycles. The maximum atomic E-state index is 11.9. The fraction of sp³-hybridized carbons (Fsp3) is 0.462. The van der Waals surface area contributed by atoms with Gasteiger partial charge < -0.3 is 10.6 Å². The molecular weight excluding hydrogens is 257 g/mol. The molecular formula is C13H17F3N2O. The first-order valence-electron chi connectivity index (χ1n) is 6.02. The van der Waals surface area contributed by atoms with Crippen LogP contribution < -0.4 is 10.6 Å². The van der Waals surface area contributed by atoms with E-state index in [9.17, 15) is 18.0 Å². The molecule has 1 aromatic rings. The van der Waals surface area contributed by atoms with Crippen molar-refractivity contribution in [2.24, 2.45) is 0 Å². The lowest BCUT2D eigenvalue weighted by atomic mass is 10.1. The van der Waals surface area contributed by atoms with Crippen LogP contribution in [-0.2, 0) is 6.42 Å². The number of rotatable bonds is 5. The molecule has 1 rings (SSSR count). The monoisotopic (exact) mass is 274 g/mol. The van der Waals surface area contributed by atoms with Crippen molar-refractivity contribution in [3.8, 4) is 0 Å². The number of nitrogens with one attached hydrogen (secondary N) is 2. The zero-order valence-corrected chi connectivity index (χ0v) is 10.6. The first kappa shape index (κ1) is 15.3. The number of carbonyl (C=O) groups excluding carboxylic acids is 1. The van der Waals surface area contributed by atoms with Gasteiger partial charge in [-0.05, 0) is 25.3 Å². The van der Waals surface area contributed by atoms with Crippen molar-refractivity contribution in [3.63, 3.8) is 0 Å². The molecule has 0 aromatic heterocycles. The van der Waals surface area contributed by atoms with Gasteiger partial charge in [-0.1, -0.05) is 30.3 Å². The van der Waals surface area contributed by atoms with E-state index in [-0.39, 0.29) is 6.04 Å². The number of amides is 2. The van der Waals surface area contributed by atoms with Crippen molar-refractivity contribution < 1.29 is 18.0 Å². The van der Waals surface area contributed by atoms with Gasteiger partial charge in [-0.2, -0.15) is 13.2 Å². The lowest BCUT2D eigenvalue weighted by molar-refractivity contribution is -0.122. The quantitative estimate of drug-likeness (QED) is 0.851. The number of hydrogen-bond acceptors (Lipinski definition) is 1. The smallest absolute Gasteiger partial charge is 0.336 e. The normalized spacial score (nSPS) is 12.8. The van der Waals surface area contributed by atoms with Gasteiger partial charge in [0.05, 0.1) is 0 Å². The summed E-state index contributed by atoms with van der Waals surface area (Å²) in [7, 11) is 0. The van der Waals surface area contributed by atoms with Crippen LogP contribution in [0.15, 0.2) is 30.3 Å². The Morgan fingerprint density at radius 3 is 2.47 bits per heavy atom. The molecule has 0 radical (unpaired) electrons. The highest BCUT2D eigenvalue weighted by Crippen LogP contribution is 2.12. The Morgan fingerprint density at radius 1 is 1.26 bits per heavy atom. The molecule has 0 bridgehead atoms. The summed E-state index contributed by atoms with van der Waals surface area (Å²) in [6.45, 7) is 0.445. The average molecular weight is 274 g/mol. The highest BCUT2D eigenvalue weighted by Gasteiger charge is 2.27. The van der Waals surface area contributed by atoms with Gasteiger partial charge in [0.25, 0.3) is 0 Å². The van der Waals surface area contributed by atoms with Crippen LogP contribution in [0.4, 0.5) is 18.0 Å². The van der Waals surface area contributed by atoms with E-state index >= 15 is 0 Å². The fourth-order valence-electron chi connectivity index (χ4n) is 1.56. The number of halogens is 3. The number of benzene rings is 1. The maximum Gasteiger partial charge on any atom is 0.405 e. The zero-order valence-electron chi connectivity index (χ0n) is 10.6. The van der Waals surface area contributed by atoms with Crippen molar-refractivity contribution in [1.29, 1.82) is 0 Å². The van der Waals surface area contributed by atoms with E-state index in [4.69, 9.17) is 0 Å². The van der Waals surface area contributed by atoms with Crippen LogP contribution in [0, 0.1) is 0 Å². The van der Waals surface area contributed by atoms with Gasteiger partial charge in [0.15, 0.2) is 0 Å². The third-order valence-corrected chi connectivity index (χ3v) is 2.54. The number of urea groups is 1. The molecule has 2 N–H and O–H groups in total. The number of alkyl halides is 3. The van der Waals surface area contributed by atoms with Gasteiger partial charge in [0.1, 0.15) is 6.54 Å². The van der Waals surface area contributed by atoms with Crippen molar-refractivity contribution in [1.82, 2.24) is 10.6 Å². The predicted molar refractivity (Wildman–Crippen MR) is 66.8 cm³/mol. The Morgan fingerprint density at radius 2 is 1.89 bits per heavy atom. The summed E-state index contributed by atoms with van der Waals surface area (Å²) in [5, 5.41) is 4.25. The van der Waals surface area contributed by atoms with E-state index < -0.39 is 18.8 Å². The van der Waals surface area contributed by atoms with E-state index in [1.807, 2.05) is 30.3 Å². The average Bonchev–Trinajstić information content (AvgIpc) is 2.34. The molecule has 6 heteroatoms. The van der Waals surface area contributed by atoms with Crippen molar-refractivity contribution >= 4 is 6.03 Å². The molecule has 0 saturated carbocycles. The summed E-state index contributed by atoms with van der Waals surface area (Å²) in [6, 6.07) is 8.71. The molecule has 3 nitrogen and oxygen atoms in total. The molecule has 0 saturated heterocycles. The number of aryl methyl sites for hydroxylation is 1. The second kappa shape index (κ2) is 7.01. The van der Waals surface area contributed by atoms with Gasteiger partial charge in [0, 0.05) is 6.04 Å². The number of carbonyl (C=O) groups is 1. The summed E-state index contributed by atoms with van der Waals surface area (Å²) < 4.78 is 35.6. The van der Waals surface area contributed by atoms with E-state index in [1.54, 1.807) is 12.2 Å². The Balaban J connectivity index is 2.24. The van der Waals surface area contributed by atoms with Crippen LogP contribution in [0.5, 0.6) is 0 Å². The third kappa shape index (κ3) is 7.33. The Labute approximate surface area is 110 Å². The molecule has 2 amide bonds. The molecule has 0 aliphatic heterocycles. The summed E-state index contributed by atoms with van der Waals surface area (Å²) in [5.74, 6) is 0. The van der Waals surface area contributed by atoms with Crippen molar-refractivity contribution in [3.05, 3.63) is 35.9 Å². The second-order valence-corrected chi connectivity index (χ2v) is 4.37. The topological polar surface area (TPSA) is 41.1 Å². The van der Waals surface area contributed by atoms with Crippen LogP contribution in [0.25, 0.3) is 0 Å². The van der Waals surface area contributed by atoms with E-state index in [0.717, 1.165) is 12.0 Å². The van der Waals surface area contributed by atoms with Crippen LogP contribution in [0.3, 0.4) is 0 Å². The first-order valence-corrected chi connectivity index (χ1v) is 6.02. The summed E-state index contributed by atoms with van der Waals surface area (Å²) in [5.41, 5.74) is 1.13. The molecule has 0 spiro atoms. The molecule has 19 heavy (non-hydrogen) atoms. The van der Waals surface area contributed by atoms with Crippen molar-refractivity contribution in [2.75, 3.05) is 6.54 Å². The summed E-state index contributed by atoms with van der Waals surface area (Å²) in [4.78, 5) is 11.2. The predicted octanol–water partition coefficient (Wildman–Crippen LogP) is 2.87. The molecule has 0 aliphatic carbocycles. The minimum atomic E-state index is -4.38. The molecule has 106 valence electrons. The molecule has 1 atom stereocenters. The first-order chi connectivity index (χ1) is 8.87. The van der Waals surface area contributed by atoms with Crippen LogP contribution in [0.1, 0.15) is 18.9 Å². The van der Waals surface area contributed by atoms with E-state index in [1.165, 1.54) is 0 Å². The van der Waals surface area contributed by atoms with Gasteiger partial charge >= 0.3 is 12.2 Å². The highest BCUT2D eigenvalue weighted by molar-refractivity contribution is 5.74. The Bertz CT molecular complexity index is 393. The fourth-order valence-corrected chi connectivity index (χ4v) is 1.56. The minimum absolute atomic E-state index is 0.187. The standard InChI is InChI=1S/C13H17F3N2O/c1-10(7-8-11-5-3-2-4-6-11)18-12(19)17-9-13(14,15)16/h2-6,10H,7-9H2,1H3,(H2,17,18,19). The number of hydrogen-bond donors (Lipinski definition) is 2.